The predicted molar refractivity (Wildman–Crippen MR) is 124 cm³/mol. The van der Waals surface area contributed by atoms with Crippen LogP contribution in [0.3, 0.4) is 0 Å². The molecule has 3 N–H and O–H groups in total. The van der Waals surface area contributed by atoms with E-state index >= 15 is 0 Å². The van der Waals surface area contributed by atoms with Gasteiger partial charge in [0.05, 0.1) is 11.0 Å². The van der Waals surface area contributed by atoms with Gasteiger partial charge in [0.15, 0.2) is 0 Å². The molecule has 0 spiro atoms. The molecule has 0 bridgehead atoms. The predicted octanol–water partition coefficient (Wildman–Crippen LogP) is 4.33. The number of hydrogen-bond acceptors (Lipinski definition) is 3. The second-order valence-corrected chi connectivity index (χ2v) is 9.81. The van der Waals surface area contributed by atoms with Crippen LogP contribution >= 0.6 is 23.2 Å². The van der Waals surface area contributed by atoms with Gasteiger partial charge in [0.25, 0.3) is 0 Å². The van der Waals surface area contributed by atoms with Gasteiger partial charge in [-0.3, -0.25) is 9.59 Å². The van der Waals surface area contributed by atoms with Crippen molar-refractivity contribution in [3.8, 4) is 0 Å². The van der Waals surface area contributed by atoms with E-state index in [4.69, 9.17) is 28.9 Å². The van der Waals surface area contributed by atoms with Crippen molar-refractivity contribution >= 4 is 35.0 Å². The SMILES string of the molecule is NC1CCN(C(=O)C(Cc2ccc(C(F)(F)F)cc2)NC(=O)C2(c3ccc(Cl)cc3Cl)CC2)C1. The molecule has 182 valence electrons. The van der Waals surface area contributed by atoms with Crippen LogP contribution in [0.25, 0.3) is 0 Å². The van der Waals surface area contributed by atoms with Crippen LogP contribution in [0.4, 0.5) is 13.2 Å². The van der Waals surface area contributed by atoms with Crippen molar-refractivity contribution in [2.75, 3.05) is 13.1 Å². The van der Waals surface area contributed by atoms with Crippen molar-refractivity contribution in [3.63, 3.8) is 0 Å². The zero-order valence-electron chi connectivity index (χ0n) is 18.2. The molecule has 1 aliphatic carbocycles. The minimum atomic E-state index is -4.45. The van der Waals surface area contributed by atoms with Crippen LogP contribution in [0.5, 0.6) is 0 Å². The van der Waals surface area contributed by atoms with Crippen LogP contribution in [0.2, 0.25) is 10.0 Å². The van der Waals surface area contributed by atoms with E-state index < -0.39 is 23.2 Å². The molecule has 34 heavy (non-hydrogen) atoms. The number of halogens is 5. The summed E-state index contributed by atoms with van der Waals surface area (Å²) in [5, 5.41) is 3.68. The smallest absolute Gasteiger partial charge is 0.343 e. The summed E-state index contributed by atoms with van der Waals surface area (Å²) >= 11 is 12.3. The summed E-state index contributed by atoms with van der Waals surface area (Å²) in [6, 6.07) is 8.45. The molecule has 2 atom stereocenters. The zero-order chi connectivity index (χ0) is 24.7. The molecule has 2 aromatic carbocycles. The van der Waals surface area contributed by atoms with Gasteiger partial charge in [-0.2, -0.15) is 13.2 Å². The number of nitrogens with two attached hydrogens (primary N) is 1. The molecule has 2 aromatic rings. The lowest BCUT2D eigenvalue weighted by Crippen LogP contribution is -2.52. The molecule has 2 fully saturated rings. The minimum absolute atomic E-state index is 0.0544. The fourth-order valence-electron chi connectivity index (χ4n) is 4.39. The lowest BCUT2D eigenvalue weighted by molar-refractivity contribution is -0.137. The molecule has 10 heteroatoms. The molecule has 1 saturated carbocycles. The average Bonchev–Trinajstić information content (AvgIpc) is 3.46. The molecule has 2 unspecified atom stereocenters. The fourth-order valence-corrected chi connectivity index (χ4v) is 4.98. The largest absolute Gasteiger partial charge is 0.416 e. The Balaban J connectivity index is 1.57. The lowest BCUT2D eigenvalue weighted by atomic mass is 9.93. The monoisotopic (exact) mass is 513 g/mol. The van der Waals surface area contributed by atoms with E-state index in [1.165, 1.54) is 12.1 Å². The number of nitrogens with one attached hydrogen (secondary N) is 1. The zero-order valence-corrected chi connectivity index (χ0v) is 19.7. The maximum Gasteiger partial charge on any atom is 0.416 e. The highest BCUT2D eigenvalue weighted by Crippen LogP contribution is 2.51. The van der Waals surface area contributed by atoms with E-state index in [0.29, 0.717) is 53.5 Å². The topological polar surface area (TPSA) is 75.4 Å². The fraction of sp³-hybridized carbons (Fsp3) is 0.417. The van der Waals surface area contributed by atoms with E-state index in [1.54, 1.807) is 23.1 Å². The van der Waals surface area contributed by atoms with Gasteiger partial charge >= 0.3 is 6.18 Å². The maximum atomic E-state index is 13.4. The van der Waals surface area contributed by atoms with E-state index in [1.807, 2.05) is 0 Å². The van der Waals surface area contributed by atoms with Crippen LogP contribution in [0.1, 0.15) is 36.0 Å². The molecular formula is C24H24Cl2F3N3O2. The molecule has 0 radical (unpaired) electrons. The minimum Gasteiger partial charge on any atom is -0.343 e. The van der Waals surface area contributed by atoms with Gasteiger partial charge in [0, 0.05) is 35.6 Å². The standard InChI is InChI=1S/C24H24Cl2F3N3O2/c25-16-5-6-18(19(26)12-16)23(8-9-23)22(34)31-20(21(33)32-10-7-17(30)13-32)11-14-1-3-15(4-2-14)24(27,28)29/h1-6,12,17,20H,7-11,13,30H2,(H,31,34). The Morgan fingerprint density at radius 2 is 1.82 bits per heavy atom. The van der Waals surface area contributed by atoms with Gasteiger partial charge in [-0.15, -0.1) is 0 Å². The quantitative estimate of drug-likeness (QED) is 0.603. The third-order valence-electron chi connectivity index (χ3n) is 6.49. The van der Waals surface area contributed by atoms with Crippen molar-refractivity contribution in [3.05, 3.63) is 69.2 Å². The Hall–Kier alpha value is -2.29. The third-order valence-corrected chi connectivity index (χ3v) is 7.04. The van der Waals surface area contributed by atoms with E-state index in [0.717, 1.165) is 12.1 Å². The summed E-state index contributed by atoms with van der Waals surface area (Å²) < 4.78 is 38.8. The number of carbonyl (C=O) groups is 2. The van der Waals surface area contributed by atoms with Gasteiger partial charge < -0.3 is 16.0 Å². The van der Waals surface area contributed by atoms with Gasteiger partial charge in [0.2, 0.25) is 11.8 Å². The highest BCUT2D eigenvalue weighted by atomic mass is 35.5. The first kappa shape index (κ1) is 24.8. The Kier molecular flexibility index (Phi) is 6.86. The Morgan fingerprint density at radius 1 is 1.15 bits per heavy atom. The molecule has 4 rings (SSSR count). The molecule has 2 aliphatic rings. The molecule has 2 amide bonds. The molecule has 1 saturated heterocycles. The first-order valence-electron chi connectivity index (χ1n) is 11.0. The van der Waals surface area contributed by atoms with Crippen molar-refractivity contribution in [2.24, 2.45) is 5.73 Å². The average molecular weight is 514 g/mol. The Morgan fingerprint density at radius 3 is 2.35 bits per heavy atom. The van der Waals surface area contributed by atoms with Crippen molar-refractivity contribution in [1.82, 2.24) is 10.2 Å². The summed E-state index contributed by atoms with van der Waals surface area (Å²) in [5.41, 5.74) is 5.45. The van der Waals surface area contributed by atoms with Gasteiger partial charge in [-0.05, 0) is 54.7 Å². The summed E-state index contributed by atoms with van der Waals surface area (Å²) in [6.45, 7) is 0.833. The summed E-state index contributed by atoms with van der Waals surface area (Å²) in [7, 11) is 0. The lowest BCUT2D eigenvalue weighted by Gasteiger charge is -2.27. The van der Waals surface area contributed by atoms with Crippen LogP contribution in [0.15, 0.2) is 42.5 Å². The Bertz CT molecular complexity index is 1090. The van der Waals surface area contributed by atoms with Crippen LogP contribution in [-0.4, -0.2) is 41.9 Å². The summed E-state index contributed by atoms with van der Waals surface area (Å²) in [5.74, 6) is -0.648. The van der Waals surface area contributed by atoms with Crippen LogP contribution in [0, 0.1) is 0 Å². The normalized spacial score (nSPS) is 20.2. The number of benzene rings is 2. The number of alkyl halides is 3. The molecule has 1 heterocycles. The summed E-state index contributed by atoms with van der Waals surface area (Å²) in [6.07, 6.45) is -2.62. The van der Waals surface area contributed by atoms with Gasteiger partial charge in [-0.25, -0.2) is 0 Å². The van der Waals surface area contributed by atoms with Gasteiger partial charge in [0.1, 0.15) is 6.04 Å². The van der Waals surface area contributed by atoms with E-state index in [2.05, 4.69) is 5.32 Å². The first-order chi connectivity index (χ1) is 16.0. The third kappa shape index (κ3) is 5.19. The molecule has 0 aromatic heterocycles. The number of carbonyl (C=O) groups excluding carboxylic acids is 2. The highest BCUT2D eigenvalue weighted by Gasteiger charge is 2.53. The number of rotatable bonds is 6. The van der Waals surface area contributed by atoms with E-state index in [-0.39, 0.29) is 24.3 Å². The van der Waals surface area contributed by atoms with Crippen molar-refractivity contribution in [1.29, 1.82) is 0 Å². The second-order valence-electron chi connectivity index (χ2n) is 8.96. The highest BCUT2D eigenvalue weighted by molar-refractivity contribution is 6.35. The molecule has 5 nitrogen and oxygen atoms in total. The van der Waals surface area contributed by atoms with E-state index in [9.17, 15) is 22.8 Å². The number of amides is 2. The second kappa shape index (κ2) is 9.40. The number of nitrogens with zero attached hydrogens (tertiary/aromatic N) is 1. The number of likely N-dealkylation sites (tertiary alicyclic amines) is 1. The Labute approximate surface area is 205 Å². The van der Waals surface area contributed by atoms with Crippen molar-refractivity contribution < 1.29 is 22.8 Å². The van der Waals surface area contributed by atoms with Crippen molar-refractivity contribution in [2.45, 2.75) is 49.4 Å². The first-order valence-corrected chi connectivity index (χ1v) is 11.7. The number of hydrogen-bond donors (Lipinski definition) is 2. The summed E-state index contributed by atoms with van der Waals surface area (Å²) in [4.78, 5) is 28.3. The van der Waals surface area contributed by atoms with Crippen LogP contribution in [-0.2, 0) is 27.6 Å². The molecular weight excluding hydrogens is 490 g/mol. The van der Waals surface area contributed by atoms with Crippen LogP contribution < -0.4 is 11.1 Å². The maximum absolute atomic E-state index is 13.4. The molecule has 1 aliphatic heterocycles. The van der Waals surface area contributed by atoms with Gasteiger partial charge in [-0.1, -0.05) is 41.4 Å².